The molecule has 1 N–H and O–H groups in total. The van der Waals surface area contributed by atoms with Crippen molar-refractivity contribution in [2.24, 2.45) is 5.41 Å². The Morgan fingerprint density at radius 2 is 1.45 bits per heavy atom. The summed E-state index contributed by atoms with van der Waals surface area (Å²) in [6.07, 6.45) is 11.2. The number of rotatable bonds is 15. The van der Waals surface area contributed by atoms with Crippen molar-refractivity contribution in [1.82, 2.24) is 0 Å². The van der Waals surface area contributed by atoms with Crippen LogP contribution in [0.5, 0.6) is 0 Å². The van der Waals surface area contributed by atoms with Gasteiger partial charge in [0.1, 0.15) is 8.46 Å². The number of carbonyl (C=O) groups excluding carboxylic acids is 1. The van der Waals surface area contributed by atoms with E-state index in [-0.39, 0.29) is 6.42 Å². The van der Waals surface area contributed by atoms with E-state index in [0.717, 1.165) is 25.7 Å². The molecule has 0 heterocycles. The normalized spacial score (nSPS) is 15.5. The van der Waals surface area contributed by atoms with Crippen molar-refractivity contribution in [3.8, 4) is 0 Å². The summed E-state index contributed by atoms with van der Waals surface area (Å²) >= 11 is 0. The Morgan fingerprint density at radius 1 is 0.939 bits per heavy atom. The molecule has 9 heteroatoms. The van der Waals surface area contributed by atoms with Crippen LogP contribution in [0.15, 0.2) is 34.9 Å². The summed E-state index contributed by atoms with van der Waals surface area (Å²) in [5.41, 5.74) is 3.07. The van der Waals surface area contributed by atoms with Gasteiger partial charge in [0.05, 0.1) is 5.41 Å². The van der Waals surface area contributed by atoms with Gasteiger partial charge in [-0.3, -0.25) is 9.35 Å². The Bertz CT molecular complexity index is 831. The van der Waals surface area contributed by atoms with Crippen LogP contribution >= 0.6 is 8.46 Å². The van der Waals surface area contributed by atoms with Gasteiger partial charge in [-0.05, 0) is 87.0 Å². The molecule has 0 saturated carbocycles. The molecule has 0 aliphatic heterocycles. The van der Waals surface area contributed by atoms with E-state index in [0.29, 0.717) is 12.8 Å². The Labute approximate surface area is 201 Å². The third kappa shape index (κ3) is 13.3. The molecule has 2 atom stereocenters. The largest absolute Gasteiger partial charge is 0.438 e. The molecule has 0 aromatic heterocycles. The van der Waals surface area contributed by atoms with Crippen molar-refractivity contribution in [3.05, 3.63) is 34.9 Å². The van der Waals surface area contributed by atoms with Crippen molar-refractivity contribution >= 4 is 24.5 Å². The van der Waals surface area contributed by atoms with Crippen LogP contribution in [0, 0.1) is 5.41 Å². The lowest BCUT2D eigenvalue weighted by Crippen LogP contribution is -2.37. The Balaban J connectivity index is 4.74. The molecule has 0 rings (SSSR count). The summed E-state index contributed by atoms with van der Waals surface area (Å²) in [7, 11) is -6.79. The highest BCUT2D eigenvalue weighted by Crippen LogP contribution is 2.36. The standard InChI is InChI=1S/C24H43O7PS/c1-19(2)12-10-14-21(4)16-11-15-20(3)13-8-9-17-24(32-26,33(27,28)29)31-18-30-22(25)23(5,6)7/h12-13,16H,8-11,14-15,17-18,32H2,1-7H3,(H,27,28,29). The van der Waals surface area contributed by atoms with Gasteiger partial charge in [0.2, 0.25) is 4.67 Å². The predicted octanol–water partition coefficient (Wildman–Crippen LogP) is 6.44. The number of hydrogen-bond donors (Lipinski definition) is 1. The van der Waals surface area contributed by atoms with E-state index in [1.54, 1.807) is 20.8 Å². The maximum absolute atomic E-state index is 11.9. The van der Waals surface area contributed by atoms with Crippen LogP contribution in [0.25, 0.3) is 0 Å². The van der Waals surface area contributed by atoms with Gasteiger partial charge in [0.15, 0.2) is 6.79 Å². The average Bonchev–Trinajstić information content (AvgIpc) is 2.67. The molecule has 0 aromatic carbocycles. The lowest BCUT2D eigenvalue weighted by molar-refractivity contribution is -0.169. The molecule has 0 spiro atoms. The van der Waals surface area contributed by atoms with E-state index in [4.69, 9.17) is 9.47 Å². The maximum atomic E-state index is 11.9. The lowest BCUT2D eigenvalue weighted by Gasteiger charge is -2.26. The molecule has 0 fully saturated rings. The zero-order valence-corrected chi connectivity index (χ0v) is 23.2. The van der Waals surface area contributed by atoms with E-state index < -0.39 is 41.4 Å². The van der Waals surface area contributed by atoms with E-state index in [1.807, 2.05) is 13.0 Å². The van der Waals surface area contributed by atoms with Crippen molar-refractivity contribution in [2.75, 3.05) is 6.79 Å². The number of unbranched alkanes of at least 4 members (excludes halogenated alkanes) is 1. The molecule has 0 aliphatic carbocycles. The second kappa shape index (κ2) is 14.9. The van der Waals surface area contributed by atoms with Crippen LogP contribution in [0.2, 0.25) is 0 Å². The van der Waals surface area contributed by atoms with Crippen LogP contribution in [0.3, 0.4) is 0 Å². The Morgan fingerprint density at radius 3 is 1.91 bits per heavy atom. The monoisotopic (exact) mass is 506 g/mol. The molecule has 0 radical (unpaired) electrons. The molecular formula is C24H43O7PS. The number of esters is 1. The summed E-state index contributed by atoms with van der Waals surface area (Å²) in [5.74, 6) is -0.590. The Hall–Kier alpha value is -1.21. The van der Waals surface area contributed by atoms with Gasteiger partial charge in [-0.1, -0.05) is 34.9 Å². The number of allylic oxidation sites excluding steroid dienone is 6. The third-order valence-electron chi connectivity index (χ3n) is 5.07. The summed E-state index contributed by atoms with van der Waals surface area (Å²) in [6.45, 7) is 12.6. The molecule has 0 amide bonds. The molecule has 7 nitrogen and oxygen atoms in total. The molecular weight excluding hydrogens is 463 g/mol. The minimum atomic E-state index is -4.77. The number of carbonyl (C=O) groups is 1. The van der Waals surface area contributed by atoms with Crippen molar-refractivity contribution in [3.63, 3.8) is 0 Å². The summed E-state index contributed by atoms with van der Waals surface area (Å²) < 4.78 is 53.0. The molecule has 33 heavy (non-hydrogen) atoms. The van der Waals surface area contributed by atoms with Gasteiger partial charge in [-0.2, -0.15) is 8.42 Å². The van der Waals surface area contributed by atoms with Gasteiger partial charge in [-0.15, -0.1) is 0 Å². The highest BCUT2D eigenvalue weighted by Gasteiger charge is 2.43. The minimum absolute atomic E-state index is 0.162. The molecule has 2 unspecified atom stereocenters. The van der Waals surface area contributed by atoms with Gasteiger partial charge in [0, 0.05) is 6.42 Å². The van der Waals surface area contributed by atoms with Gasteiger partial charge in [0.25, 0.3) is 0 Å². The summed E-state index contributed by atoms with van der Waals surface area (Å²) in [5, 5.41) is 0. The van der Waals surface area contributed by atoms with E-state index in [2.05, 4.69) is 32.9 Å². The van der Waals surface area contributed by atoms with Crippen LogP contribution < -0.4 is 0 Å². The quantitative estimate of drug-likeness (QED) is 0.0680. The third-order valence-corrected chi connectivity index (χ3v) is 8.26. The molecule has 192 valence electrons. The first-order valence-corrected chi connectivity index (χ1v) is 13.8. The maximum Gasteiger partial charge on any atom is 0.313 e. The van der Waals surface area contributed by atoms with Crippen LogP contribution in [-0.2, 0) is 29.0 Å². The second-order valence-corrected chi connectivity index (χ2v) is 12.9. The summed E-state index contributed by atoms with van der Waals surface area (Å²) in [4.78, 5) is 11.8. The van der Waals surface area contributed by atoms with Gasteiger partial charge < -0.3 is 14.0 Å². The first-order valence-electron chi connectivity index (χ1n) is 11.3. The first-order chi connectivity index (χ1) is 15.1. The number of hydrogen-bond acceptors (Lipinski definition) is 6. The fraction of sp³-hybridized carbons (Fsp3) is 0.708. The average molecular weight is 507 g/mol. The SMILES string of the molecule is CC(C)=CCCC(C)=CCCC(C)=CCCCC(OCOC(=O)C(C)(C)C)([PH2]=O)S(=O)(=O)O. The molecule has 0 aromatic rings. The molecule has 0 aliphatic rings. The van der Waals surface area contributed by atoms with E-state index in [1.165, 1.54) is 16.7 Å². The van der Waals surface area contributed by atoms with Gasteiger partial charge >= 0.3 is 16.1 Å². The fourth-order valence-corrected chi connectivity index (χ4v) is 4.41. The predicted molar refractivity (Wildman–Crippen MR) is 135 cm³/mol. The topological polar surface area (TPSA) is 107 Å². The van der Waals surface area contributed by atoms with Crippen molar-refractivity contribution in [2.45, 2.75) is 98.1 Å². The fourth-order valence-electron chi connectivity index (χ4n) is 2.86. The number of ether oxygens (including phenoxy) is 2. The van der Waals surface area contributed by atoms with Crippen LogP contribution in [0.4, 0.5) is 0 Å². The second-order valence-electron chi connectivity index (χ2n) is 9.70. The lowest BCUT2D eigenvalue weighted by atomic mass is 9.98. The smallest absolute Gasteiger partial charge is 0.313 e. The zero-order valence-electron chi connectivity index (χ0n) is 21.3. The van der Waals surface area contributed by atoms with Crippen molar-refractivity contribution < 1.29 is 31.8 Å². The van der Waals surface area contributed by atoms with E-state index in [9.17, 15) is 22.3 Å². The summed E-state index contributed by atoms with van der Waals surface area (Å²) in [6, 6.07) is 0. The van der Waals surface area contributed by atoms with E-state index >= 15 is 0 Å². The molecule has 0 saturated heterocycles. The van der Waals surface area contributed by atoms with Gasteiger partial charge in [-0.25, -0.2) is 0 Å². The first kappa shape index (κ1) is 31.8. The minimum Gasteiger partial charge on any atom is -0.438 e. The highest BCUT2D eigenvalue weighted by molar-refractivity contribution is 7.91. The zero-order chi connectivity index (χ0) is 25.7. The van der Waals surface area contributed by atoms with Crippen LogP contribution in [0.1, 0.15) is 93.4 Å². The highest BCUT2D eigenvalue weighted by atomic mass is 32.2. The molecule has 0 bridgehead atoms. The van der Waals surface area contributed by atoms with Crippen molar-refractivity contribution in [1.29, 1.82) is 0 Å². The van der Waals surface area contributed by atoms with Crippen LogP contribution in [-0.4, -0.2) is 30.4 Å². The Kier molecular flexibility index (Phi) is 14.4.